The second-order valence-corrected chi connectivity index (χ2v) is 4.98. The standard InChI is InChI=1S/C15H13N3O2S/c1-19-14-7-3-2-6-12(14)13-10-21-15(17-13)18-16-9-11-5-4-8-20-11/h2-10H,1H3,(H,17,18)/b16-9-. The number of hydrazone groups is 1. The minimum atomic E-state index is 0.684. The van der Waals surface area contributed by atoms with Crippen molar-refractivity contribution in [1.29, 1.82) is 0 Å². The lowest BCUT2D eigenvalue weighted by Gasteiger charge is -2.04. The van der Waals surface area contributed by atoms with E-state index in [1.54, 1.807) is 19.6 Å². The van der Waals surface area contributed by atoms with Gasteiger partial charge in [0.05, 0.1) is 25.3 Å². The zero-order valence-electron chi connectivity index (χ0n) is 11.3. The summed E-state index contributed by atoms with van der Waals surface area (Å²) in [5, 5.41) is 6.75. The molecule has 0 spiro atoms. The van der Waals surface area contributed by atoms with Gasteiger partial charge in [0.1, 0.15) is 11.5 Å². The predicted molar refractivity (Wildman–Crippen MR) is 84.0 cm³/mol. The van der Waals surface area contributed by atoms with E-state index in [9.17, 15) is 0 Å². The van der Waals surface area contributed by atoms with Gasteiger partial charge in [0.2, 0.25) is 5.13 Å². The molecule has 5 nitrogen and oxygen atoms in total. The van der Waals surface area contributed by atoms with Crippen LogP contribution in [0, 0.1) is 0 Å². The molecule has 0 unspecified atom stereocenters. The average Bonchev–Trinajstić information content (AvgIpc) is 3.19. The molecule has 2 aromatic heterocycles. The van der Waals surface area contributed by atoms with Crippen molar-refractivity contribution in [3.8, 4) is 17.0 Å². The first-order valence-electron chi connectivity index (χ1n) is 6.28. The average molecular weight is 299 g/mol. The molecular weight excluding hydrogens is 286 g/mol. The Kier molecular flexibility index (Phi) is 3.97. The number of hydrogen-bond acceptors (Lipinski definition) is 6. The lowest BCUT2D eigenvalue weighted by atomic mass is 10.1. The molecule has 0 saturated carbocycles. The Morgan fingerprint density at radius 2 is 2.19 bits per heavy atom. The Bertz CT molecular complexity index is 735. The summed E-state index contributed by atoms with van der Waals surface area (Å²) >= 11 is 1.48. The number of aromatic nitrogens is 1. The van der Waals surface area contributed by atoms with Crippen molar-refractivity contribution >= 4 is 22.7 Å². The summed E-state index contributed by atoms with van der Waals surface area (Å²) in [6, 6.07) is 11.4. The number of hydrogen-bond donors (Lipinski definition) is 1. The van der Waals surface area contributed by atoms with Crippen molar-refractivity contribution in [3.63, 3.8) is 0 Å². The van der Waals surface area contributed by atoms with E-state index in [-0.39, 0.29) is 0 Å². The maximum absolute atomic E-state index is 5.34. The zero-order valence-corrected chi connectivity index (χ0v) is 12.1. The van der Waals surface area contributed by atoms with Crippen LogP contribution >= 0.6 is 11.3 Å². The van der Waals surface area contributed by atoms with Gasteiger partial charge in [-0.05, 0) is 24.3 Å². The van der Waals surface area contributed by atoms with Crippen molar-refractivity contribution in [1.82, 2.24) is 4.98 Å². The second kappa shape index (κ2) is 6.23. The zero-order chi connectivity index (χ0) is 14.5. The van der Waals surface area contributed by atoms with Crippen molar-refractivity contribution in [2.24, 2.45) is 5.10 Å². The predicted octanol–water partition coefficient (Wildman–Crippen LogP) is 3.86. The second-order valence-electron chi connectivity index (χ2n) is 4.12. The Labute approximate surface area is 125 Å². The molecule has 0 aliphatic carbocycles. The van der Waals surface area contributed by atoms with Crippen LogP contribution in [-0.4, -0.2) is 18.3 Å². The van der Waals surface area contributed by atoms with E-state index in [0.29, 0.717) is 10.9 Å². The molecule has 2 heterocycles. The molecule has 1 N–H and O–H groups in total. The first kappa shape index (κ1) is 13.4. The fourth-order valence-electron chi connectivity index (χ4n) is 1.82. The number of thiazole rings is 1. The molecule has 0 fully saturated rings. The summed E-state index contributed by atoms with van der Waals surface area (Å²) in [5.74, 6) is 1.48. The van der Waals surface area contributed by atoms with Crippen LogP contribution in [0.4, 0.5) is 5.13 Å². The van der Waals surface area contributed by atoms with Gasteiger partial charge in [0, 0.05) is 10.9 Å². The third kappa shape index (κ3) is 3.11. The van der Waals surface area contributed by atoms with Crippen LogP contribution < -0.4 is 10.2 Å². The highest BCUT2D eigenvalue weighted by Crippen LogP contribution is 2.31. The quantitative estimate of drug-likeness (QED) is 0.574. The fourth-order valence-corrected chi connectivity index (χ4v) is 2.48. The summed E-state index contributed by atoms with van der Waals surface area (Å²) < 4.78 is 10.5. The number of anilines is 1. The minimum absolute atomic E-state index is 0.684. The van der Waals surface area contributed by atoms with Gasteiger partial charge in [-0.15, -0.1) is 11.3 Å². The summed E-state index contributed by atoms with van der Waals surface area (Å²) in [6.07, 6.45) is 3.20. The third-order valence-corrected chi connectivity index (χ3v) is 3.53. The van der Waals surface area contributed by atoms with E-state index in [1.165, 1.54) is 11.3 Å². The molecule has 0 atom stereocenters. The van der Waals surface area contributed by atoms with Gasteiger partial charge in [-0.3, -0.25) is 5.43 Å². The van der Waals surface area contributed by atoms with Gasteiger partial charge < -0.3 is 9.15 Å². The van der Waals surface area contributed by atoms with Gasteiger partial charge >= 0.3 is 0 Å². The van der Waals surface area contributed by atoms with Gasteiger partial charge in [-0.25, -0.2) is 4.98 Å². The molecule has 0 aliphatic rings. The lowest BCUT2D eigenvalue weighted by molar-refractivity contribution is 0.416. The fraction of sp³-hybridized carbons (Fsp3) is 0.0667. The minimum Gasteiger partial charge on any atom is -0.496 e. The van der Waals surface area contributed by atoms with Gasteiger partial charge in [0.25, 0.3) is 0 Å². The van der Waals surface area contributed by atoms with E-state index < -0.39 is 0 Å². The summed E-state index contributed by atoms with van der Waals surface area (Å²) in [6.45, 7) is 0. The number of ether oxygens (including phenoxy) is 1. The number of methoxy groups -OCH3 is 1. The lowest BCUT2D eigenvalue weighted by Crippen LogP contribution is -1.90. The Morgan fingerprint density at radius 1 is 1.29 bits per heavy atom. The Balaban J connectivity index is 1.74. The van der Waals surface area contributed by atoms with Gasteiger partial charge in [-0.1, -0.05) is 12.1 Å². The van der Waals surface area contributed by atoms with E-state index in [4.69, 9.17) is 9.15 Å². The maximum atomic E-state index is 5.34. The van der Waals surface area contributed by atoms with Crippen LogP contribution in [0.1, 0.15) is 5.76 Å². The molecule has 0 saturated heterocycles. The van der Waals surface area contributed by atoms with Crippen LogP contribution in [0.15, 0.2) is 57.6 Å². The van der Waals surface area contributed by atoms with Crippen LogP contribution in [0.3, 0.4) is 0 Å². The molecule has 0 aliphatic heterocycles. The highest BCUT2D eigenvalue weighted by molar-refractivity contribution is 7.14. The highest BCUT2D eigenvalue weighted by atomic mass is 32.1. The Hall–Kier alpha value is -2.60. The summed E-state index contributed by atoms with van der Waals surface area (Å²) in [7, 11) is 1.65. The summed E-state index contributed by atoms with van der Waals surface area (Å²) in [4.78, 5) is 4.49. The van der Waals surface area contributed by atoms with Crippen molar-refractivity contribution in [2.45, 2.75) is 0 Å². The maximum Gasteiger partial charge on any atom is 0.203 e. The number of furan rings is 1. The molecule has 3 rings (SSSR count). The summed E-state index contributed by atoms with van der Waals surface area (Å²) in [5.41, 5.74) is 4.70. The largest absolute Gasteiger partial charge is 0.496 e. The van der Waals surface area contributed by atoms with Gasteiger partial charge in [-0.2, -0.15) is 5.10 Å². The number of nitrogens with zero attached hydrogens (tertiary/aromatic N) is 2. The van der Waals surface area contributed by atoms with E-state index in [1.807, 2.05) is 41.8 Å². The topological polar surface area (TPSA) is 59.6 Å². The number of benzene rings is 1. The first-order valence-corrected chi connectivity index (χ1v) is 7.16. The van der Waals surface area contributed by atoms with Crippen LogP contribution in [-0.2, 0) is 0 Å². The molecule has 0 radical (unpaired) electrons. The van der Waals surface area contributed by atoms with Crippen molar-refractivity contribution < 1.29 is 9.15 Å². The van der Waals surface area contributed by atoms with Crippen LogP contribution in [0.5, 0.6) is 5.75 Å². The monoisotopic (exact) mass is 299 g/mol. The smallest absolute Gasteiger partial charge is 0.203 e. The van der Waals surface area contributed by atoms with E-state index in [0.717, 1.165) is 17.0 Å². The van der Waals surface area contributed by atoms with E-state index >= 15 is 0 Å². The molecule has 1 aromatic carbocycles. The third-order valence-electron chi connectivity index (χ3n) is 2.78. The van der Waals surface area contributed by atoms with Crippen LogP contribution in [0.25, 0.3) is 11.3 Å². The first-order chi connectivity index (χ1) is 10.4. The molecule has 0 bridgehead atoms. The Morgan fingerprint density at radius 3 is 3.00 bits per heavy atom. The van der Waals surface area contributed by atoms with Crippen LogP contribution in [0.2, 0.25) is 0 Å². The molecule has 3 aromatic rings. The molecule has 0 amide bonds. The van der Waals surface area contributed by atoms with Gasteiger partial charge in [0.15, 0.2) is 0 Å². The highest BCUT2D eigenvalue weighted by Gasteiger charge is 2.08. The van der Waals surface area contributed by atoms with Crippen molar-refractivity contribution in [2.75, 3.05) is 12.5 Å². The normalized spacial score (nSPS) is 10.9. The number of rotatable bonds is 5. The SMILES string of the molecule is COc1ccccc1-c1csc(N/N=C\c2ccco2)n1. The molecule has 106 valence electrons. The molecular formula is C15H13N3O2S. The molecule has 21 heavy (non-hydrogen) atoms. The number of nitrogens with one attached hydrogen (secondary N) is 1. The van der Waals surface area contributed by atoms with E-state index in [2.05, 4.69) is 15.5 Å². The molecule has 6 heteroatoms. The number of para-hydroxylation sites is 1. The van der Waals surface area contributed by atoms with Crippen molar-refractivity contribution in [3.05, 3.63) is 53.8 Å².